The van der Waals surface area contributed by atoms with Crippen LogP contribution in [0.25, 0.3) is 6.08 Å². The number of carbonyl (C=O) groups excluding carboxylic acids is 1. The molecule has 1 aromatic heterocycles. The summed E-state index contributed by atoms with van der Waals surface area (Å²) >= 11 is 0. The van der Waals surface area contributed by atoms with Crippen LogP contribution in [0.1, 0.15) is 48.1 Å². The summed E-state index contributed by atoms with van der Waals surface area (Å²) in [5.74, 6) is -1.10. The zero-order valence-corrected chi connectivity index (χ0v) is 15.5. The molecule has 1 amide bonds. The summed E-state index contributed by atoms with van der Waals surface area (Å²) < 4.78 is 14.6. The molecule has 0 aliphatic carbocycles. The highest BCUT2D eigenvalue weighted by Gasteiger charge is 2.18. The number of carboxylic acids is 1. The van der Waals surface area contributed by atoms with E-state index in [2.05, 4.69) is 30.0 Å². The molecule has 0 aromatic carbocycles. The van der Waals surface area contributed by atoms with Gasteiger partial charge in [0.2, 0.25) is 0 Å². The zero-order chi connectivity index (χ0) is 20.2. The molecule has 25 heavy (non-hydrogen) atoms. The van der Waals surface area contributed by atoms with Crippen LogP contribution >= 0.6 is 0 Å². The first-order valence-electron chi connectivity index (χ1n) is 7.35. The smallest absolute Gasteiger partial charge is 0.407 e. The van der Waals surface area contributed by atoms with Crippen molar-refractivity contribution in [1.82, 2.24) is 10.3 Å². The lowest BCUT2D eigenvalue weighted by atomic mass is 10.1. The van der Waals surface area contributed by atoms with Gasteiger partial charge in [-0.15, -0.1) is 13.2 Å². The van der Waals surface area contributed by atoms with Crippen LogP contribution in [0.3, 0.4) is 0 Å². The Morgan fingerprint density at radius 3 is 2.28 bits per heavy atom. The zero-order valence-electron chi connectivity index (χ0n) is 15.5. The maximum absolute atomic E-state index is 11.6. The maximum Gasteiger partial charge on any atom is 0.407 e. The first kappa shape index (κ1) is 24.6. The summed E-state index contributed by atoms with van der Waals surface area (Å²) in [6.07, 6.45) is 0.916. The Kier molecular flexibility index (Phi) is 11.6. The minimum atomic E-state index is -1.10. The van der Waals surface area contributed by atoms with E-state index in [1.807, 2.05) is 0 Å². The van der Waals surface area contributed by atoms with Crippen LogP contribution in [0.5, 0.6) is 0 Å². The molecule has 0 saturated carbocycles. The van der Waals surface area contributed by atoms with E-state index in [-0.39, 0.29) is 17.8 Å². The van der Waals surface area contributed by atoms with Gasteiger partial charge >= 0.3 is 12.1 Å². The fourth-order valence-corrected chi connectivity index (χ4v) is 1.66. The summed E-state index contributed by atoms with van der Waals surface area (Å²) in [5.41, 5.74) is 0.986. The molecule has 0 spiro atoms. The molecule has 0 aliphatic rings. The van der Waals surface area contributed by atoms with Crippen molar-refractivity contribution in [2.45, 2.75) is 39.8 Å². The van der Waals surface area contributed by atoms with E-state index in [1.54, 1.807) is 27.7 Å². The van der Waals surface area contributed by atoms with E-state index in [0.29, 0.717) is 18.4 Å². The number of carboxylic acid groups (broad SMARTS) is 1. The minimum absolute atomic E-state index is 0.0301. The molecular formula is C18H27FN2O4. The van der Waals surface area contributed by atoms with E-state index < -0.39 is 17.7 Å². The highest BCUT2D eigenvalue weighted by atomic mass is 19.1. The molecule has 0 saturated heterocycles. The number of hydrogen-bond acceptors (Lipinski definition) is 4. The van der Waals surface area contributed by atoms with E-state index in [1.165, 1.54) is 12.1 Å². The third-order valence-electron chi connectivity index (χ3n) is 2.55. The fraction of sp³-hybridized carbons (Fsp3) is 0.389. The highest BCUT2D eigenvalue weighted by molar-refractivity contribution is 5.89. The van der Waals surface area contributed by atoms with Gasteiger partial charge in [0.25, 0.3) is 0 Å². The third-order valence-corrected chi connectivity index (χ3v) is 2.55. The molecule has 1 rings (SSSR count). The molecule has 0 unspecified atom stereocenters. The summed E-state index contributed by atoms with van der Waals surface area (Å²) in [6, 6.07) is 1.51. The number of rotatable bonds is 4. The molecule has 0 aliphatic heterocycles. The van der Waals surface area contributed by atoms with Crippen molar-refractivity contribution in [2.75, 3.05) is 7.18 Å². The molecule has 2 N–H and O–H groups in total. The molecule has 0 radical (unpaired) electrons. The number of nitrogens with zero attached hydrogens (tertiary/aromatic N) is 1. The Balaban J connectivity index is 0. The van der Waals surface area contributed by atoms with E-state index >= 15 is 0 Å². The van der Waals surface area contributed by atoms with Gasteiger partial charge in [0.1, 0.15) is 5.60 Å². The molecular weight excluding hydrogens is 327 g/mol. The molecule has 7 heteroatoms. The number of amides is 1. The van der Waals surface area contributed by atoms with Gasteiger partial charge in [0.05, 0.1) is 30.7 Å². The van der Waals surface area contributed by atoms with E-state index in [0.717, 1.165) is 0 Å². The molecule has 0 atom stereocenters. The van der Waals surface area contributed by atoms with Gasteiger partial charge in [-0.25, -0.2) is 9.59 Å². The summed E-state index contributed by atoms with van der Waals surface area (Å²) in [7, 11) is 0.500. The van der Waals surface area contributed by atoms with Crippen molar-refractivity contribution in [3.8, 4) is 0 Å². The Morgan fingerprint density at radius 2 is 1.88 bits per heavy atom. The highest BCUT2D eigenvalue weighted by Crippen LogP contribution is 2.14. The fourth-order valence-electron chi connectivity index (χ4n) is 1.66. The van der Waals surface area contributed by atoms with Crippen molar-refractivity contribution in [3.05, 3.63) is 48.3 Å². The number of alkyl carbamates (subject to hydrolysis) is 1. The second-order valence-electron chi connectivity index (χ2n) is 5.55. The first-order valence-corrected chi connectivity index (χ1v) is 7.35. The van der Waals surface area contributed by atoms with Gasteiger partial charge in [0, 0.05) is 0 Å². The average molecular weight is 354 g/mol. The maximum atomic E-state index is 11.6. The average Bonchev–Trinajstić information content (AvgIpc) is 2.55. The second-order valence-corrected chi connectivity index (χ2v) is 5.55. The Labute approximate surface area is 148 Å². The van der Waals surface area contributed by atoms with Crippen molar-refractivity contribution < 1.29 is 23.8 Å². The van der Waals surface area contributed by atoms with Gasteiger partial charge in [-0.05, 0) is 45.4 Å². The summed E-state index contributed by atoms with van der Waals surface area (Å²) in [6.45, 7) is 16.6. The number of halogens is 1. The van der Waals surface area contributed by atoms with Crippen molar-refractivity contribution >= 4 is 18.1 Å². The van der Waals surface area contributed by atoms with Crippen molar-refractivity contribution in [2.24, 2.45) is 0 Å². The minimum Gasteiger partial charge on any atom is -0.478 e. The molecule has 0 fully saturated rings. The molecule has 6 nitrogen and oxygen atoms in total. The predicted molar refractivity (Wildman–Crippen MR) is 97.4 cm³/mol. The van der Waals surface area contributed by atoms with Crippen LogP contribution in [0.15, 0.2) is 25.8 Å². The number of nitrogens with one attached hydrogen (secondary N) is 1. The second kappa shape index (κ2) is 11.8. The number of aromatic carboxylic acids is 1. The Morgan fingerprint density at radius 1 is 1.36 bits per heavy atom. The van der Waals surface area contributed by atoms with Gasteiger partial charge in [-0.1, -0.05) is 6.58 Å². The summed E-state index contributed by atoms with van der Waals surface area (Å²) in [5, 5.41) is 11.7. The quantitative estimate of drug-likeness (QED) is 0.793. The number of ether oxygens (including phenoxy) is 1. The normalized spacial score (nSPS) is 9.52. The largest absolute Gasteiger partial charge is 0.478 e. The van der Waals surface area contributed by atoms with Crippen LogP contribution in [0, 0.1) is 6.92 Å². The van der Waals surface area contributed by atoms with Gasteiger partial charge in [-0.2, -0.15) is 0 Å². The summed E-state index contributed by atoms with van der Waals surface area (Å²) in [4.78, 5) is 27.1. The monoisotopic (exact) mass is 354 g/mol. The van der Waals surface area contributed by atoms with Crippen LogP contribution < -0.4 is 5.32 Å². The number of carbonyl (C=O) groups is 2. The number of pyridine rings is 1. The predicted octanol–water partition coefficient (Wildman–Crippen LogP) is 4.14. The SMILES string of the molecule is C=C.C=Cc1nc(CNC(=O)OC(C)(C)C)c(C(=O)O)cc1C.CF. The number of aromatic nitrogens is 1. The lowest BCUT2D eigenvalue weighted by Gasteiger charge is -2.19. The van der Waals surface area contributed by atoms with Crippen molar-refractivity contribution in [1.29, 1.82) is 0 Å². The third kappa shape index (κ3) is 9.24. The molecule has 1 heterocycles. The van der Waals surface area contributed by atoms with Gasteiger partial charge < -0.3 is 15.2 Å². The number of aryl methyl sites for hydroxylation is 1. The van der Waals surface area contributed by atoms with Crippen LogP contribution in [-0.4, -0.2) is 34.9 Å². The number of alkyl halides is 1. The van der Waals surface area contributed by atoms with Crippen LogP contribution in [0.4, 0.5) is 9.18 Å². The van der Waals surface area contributed by atoms with E-state index in [9.17, 15) is 19.1 Å². The lowest BCUT2D eigenvalue weighted by Crippen LogP contribution is -2.32. The Hall–Kier alpha value is -2.70. The van der Waals surface area contributed by atoms with Crippen LogP contribution in [0.2, 0.25) is 0 Å². The van der Waals surface area contributed by atoms with E-state index in [4.69, 9.17) is 4.74 Å². The van der Waals surface area contributed by atoms with Gasteiger partial charge in [0.15, 0.2) is 0 Å². The molecule has 1 aromatic rings. The molecule has 0 bridgehead atoms. The first-order chi connectivity index (χ1) is 11.6. The van der Waals surface area contributed by atoms with Crippen molar-refractivity contribution in [3.63, 3.8) is 0 Å². The van der Waals surface area contributed by atoms with Gasteiger partial charge in [-0.3, -0.25) is 9.37 Å². The molecule has 140 valence electrons. The standard InChI is InChI=1S/C15H20N2O4.C2H4.CH3F/c1-6-11-9(2)7-10(13(18)19)12(17-11)8-16-14(20)21-15(3,4)5;2*1-2/h6-7H,1,8H2,2-5H3,(H,16,20)(H,18,19);1-2H2;1H3. The Bertz CT molecular complexity index is 595. The number of hydrogen-bond donors (Lipinski definition) is 2. The van der Waals surface area contributed by atoms with Crippen LogP contribution in [-0.2, 0) is 11.3 Å². The lowest BCUT2D eigenvalue weighted by molar-refractivity contribution is 0.0520. The topological polar surface area (TPSA) is 88.5 Å².